The highest BCUT2D eigenvalue weighted by atomic mass is 16.1. The predicted molar refractivity (Wildman–Crippen MR) is 77.5 cm³/mol. The minimum Gasteiger partial charge on any atom is -0.298 e. The molecule has 1 heteroatoms. The molecule has 0 aliphatic heterocycles. The molecule has 0 aliphatic rings. The number of fused-ring (bicyclic) bond motifs is 1. The molecule has 0 aliphatic carbocycles. The number of hydrogen-bond donors (Lipinski definition) is 0. The van der Waals surface area contributed by atoms with Crippen LogP contribution < -0.4 is 0 Å². The fraction of sp³-hybridized carbons (Fsp3) is 0.353. The second-order valence-corrected chi connectivity index (χ2v) is 5.44. The van der Waals surface area contributed by atoms with E-state index in [2.05, 4.69) is 52.0 Å². The molecule has 0 heterocycles. The third-order valence-corrected chi connectivity index (χ3v) is 3.48. The van der Waals surface area contributed by atoms with Crippen LogP contribution in [-0.2, 0) is 0 Å². The summed E-state index contributed by atoms with van der Waals surface area (Å²) in [6, 6.07) is 10.5. The molecule has 2 aromatic carbocycles. The Hall–Kier alpha value is -1.63. The van der Waals surface area contributed by atoms with Crippen LogP contribution in [0, 0.1) is 0 Å². The highest BCUT2D eigenvalue weighted by Gasteiger charge is 2.15. The quantitative estimate of drug-likeness (QED) is 0.697. The summed E-state index contributed by atoms with van der Waals surface area (Å²) >= 11 is 0. The van der Waals surface area contributed by atoms with Crippen molar-refractivity contribution >= 4 is 17.1 Å². The second kappa shape index (κ2) is 4.93. The monoisotopic (exact) mass is 240 g/mol. The van der Waals surface area contributed by atoms with Crippen LogP contribution in [0.5, 0.6) is 0 Å². The molecule has 0 spiro atoms. The Balaban J connectivity index is 2.91. The van der Waals surface area contributed by atoms with E-state index >= 15 is 0 Å². The van der Waals surface area contributed by atoms with Gasteiger partial charge in [0.25, 0.3) is 0 Å². The Kier molecular flexibility index (Phi) is 3.51. The van der Waals surface area contributed by atoms with E-state index in [1.807, 2.05) is 6.07 Å². The van der Waals surface area contributed by atoms with Gasteiger partial charge in [0.2, 0.25) is 0 Å². The van der Waals surface area contributed by atoms with Crippen molar-refractivity contribution < 1.29 is 4.79 Å². The molecule has 0 atom stereocenters. The fourth-order valence-corrected chi connectivity index (χ4v) is 2.67. The average Bonchev–Trinajstić information content (AvgIpc) is 2.35. The zero-order chi connectivity index (χ0) is 13.3. The van der Waals surface area contributed by atoms with Crippen LogP contribution in [-0.4, -0.2) is 6.29 Å². The van der Waals surface area contributed by atoms with Crippen molar-refractivity contribution in [1.82, 2.24) is 0 Å². The van der Waals surface area contributed by atoms with Crippen LogP contribution in [0.25, 0.3) is 10.8 Å². The lowest BCUT2D eigenvalue weighted by Gasteiger charge is -2.18. The lowest BCUT2D eigenvalue weighted by molar-refractivity contribution is 0.112. The van der Waals surface area contributed by atoms with Gasteiger partial charge in [-0.15, -0.1) is 0 Å². The van der Waals surface area contributed by atoms with Gasteiger partial charge >= 0.3 is 0 Å². The topological polar surface area (TPSA) is 17.1 Å². The number of aldehydes is 1. The molecule has 94 valence electrons. The van der Waals surface area contributed by atoms with E-state index in [-0.39, 0.29) is 0 Å². The van der Waals surface area contributed by atoms with Gasteiger partial charge in [0, 0.05) is 5.56 Å². The van der Waals surface area contributed by atoms with Crippen LogP contribution in [0.1, 0.15) is 61.0 Å². The summed E-state index contributed by atoms with van der Waals surface area (Å²) in [6.45, 7) is 8.63. The largest absolute Gasteiger partial charge is 0.298 e. The number of hydrogen-bond acceptors (Lipinski definition) is 1. The van der Waals surface area contributed by atoms with E-state index in [0.29, 0.717) is 11.8 Å². The normalized spacial score (nSPS) is 11.4. The molecule has 0 N–H and O–H groups in total. The van der Waals surface area contributed by atoms with E-state index in [0.717, 1.165) is 11.8 Å². The summed E-state index contributed by atoms with van der Waals surface area (Å²) in [7, 11) is 0. The predicted octanol–water partition coefficient (Wildman–Crippen LogP) is 4.90. The number of rotatable bonds is 3. The van der Waals surface area contributed by atoms with Crippen LogP contribution in [0.4, 0.5) is 0 Å². The summed E-state index contributed by atoms with van der Waals surface area (Å²) in [4.78, 5) is 11.4. The Morgan fingerprint density at radius 1 is 0.944 bits per heavy atom. The van der Waals surface area contributed by atoms with Gasteiger partial charge in [0.15, 0.2) is 0 Å². The Morgan fingerprint density at radius 2 is 1.56 bits per heavy atom. The van der Waals surface area contributed by atoms with Gasteiger partial charge in [-0.3, -0.25) is 4.79 Å². The standard InChI is InChI=1S/C17H20O/c1-11(2)16-9-13(10-18)17(12(3)4)15-8-6-5-7-14(15)16/h5-12H,1-4H3. The van der Waals surface area contributed by atoms with E-state index in [1.54, 1.807) is 0 Å². The summed E-state index contributed by atoms with van der Waals surface area (Å²) in [6.07, 6.45) is 0.994. The molecule has 2 rings (SSSR count). The number of carbonyl (C=O) groups is 1. The fourth-order valence-electron chi connectivity index (χ4n) is 2.67. The van der Waals surface area contributed by atoms with Crippen LogP contribution in [0.3, 0.4) is 0 Å². The first-order chi connectivity index (χ1) is 8.56. The van der Waals surface area contributed by atoms with Gasteiger partial charge in [-0.25, -0.2) is 0 Å². The second-order valence-electron chi connectivity index (χ2n) is 5.44. The molecule has 0 saturated heterocycles. The minimum atomic E-state index is 0.358. The molecule has 0 bridgehead atoms. The highest BCUT2D eigenvalue weighted by molar-refractivity contribution is 5.96. The van der Waals surface area contributed by atoms with E-state index < -0.39 is 0 Å². The van der Waals surface area contributed by atoms with Crippen LogP contribution in [0.2, 0.25) is 0 Å². The first-order valence-corrected chi connectivity index (χ1v) is 6.57. The zero-order valence-electron chi connectivity index (χ0n) is 11.5. The molecule has 0 unspecified atom stereocenters. The maximum Gasteiger partial charge on any atom is 0.150 e. The molecule has 0 radical (unpaired) electrons. The number of benzene rings is 2. The lowest BCUT2D eigenvalue weighted by atomic mass is 9.86. The van der Waals surface area contributed by atoms with Gasteiger partial charge in [-0.2, -0.15) is 0 Å². The average molecular weight is 240 g/mol. The smallest absolute Gasteiger partial charge is 0.150 e. The van der Waals surface area contributed by atoms with Crippen molar-refractivity contribution in [3.05, 3.63) is 47.0 Å². The minimum absolute atomic E-state index is 0.358. The first kappa shape index (κ1) is 12.8. The van der Waals surface area contributed by atoms with Crippen molar-refractivity contribution in [2.24, 2.45) is 0 Å². The molecular formula is C17H20O. The third kappa shape index (κ3) is 2.05. The molecule has 0 fully saturated rings. The van der Waals surface area contributed by atoms with Crippen LogP contribution >= 0.6 is 0 Å². The molecule has 2 aromatic rings. The molecule has 18 heavy (non-hydrogen) atoms. The van der Waals surface area contributed by atoms with E-state index in [9.17, 15) is 4.79 Å². The zero-order valence-corrected chi connectivity index (χ0v) is 11.5. The molecule has 0 amide bonds. The summed E-state index contributed by atoms with van der Waals surface area (Å²) < 4.78 is 0. The summed E-state index contributed by atoms with van der Waals surface area (Å²) in [5.74, 6) is 0.783. The van der Waals surface area contributed by atoms with Gasteiger partial charge in [0.1, 0.15) is 6.29 Å². The van der Waals surface area contributed by atoms with Crippen molar-refractivity contribution in [3.63, 3.8) is 0 Å². The number of carbonyl (C=O) groups excluding carboxylic acids is 1. The maximum atomic E-state index is 11.4. The van der Waals surface area contributed by atoms with Gasteiger partial charge in [-0.1, -0.05) is 52.0 Å². The first-order valence-electron chi connectivity index (χ1n) is 6.57. The van der Waals surface area contributed by atoms with E-state index in [4.69, 9.17) is 0 Å². The maximum absolute atomic E-state index is 11.4. The van der Waals surface area contributed by atoms with Crippen molar-refractivity contribution in [3.8, 4) is 0 Å². The van der Waals surface area contributed by atoms with Gasteiger partial charge in [-0.05, 0) is 39.8 Å². The summed E-state index contributed by atoms with van der Waals surface area (Å²) in [5, 5.41) is 2.50. The third-order valence-electron chi connectivity index (χ3n) is 3.48. The SMILES string of the molecule is CC(C)c1cc(C=O)c(C(C)C)c2ccccc12. The molecule has 0 aromatic heterocycles. The molecular weight excluding hydrogens is 220 g/mol. The molecule has 1 nitrogen and oxygen atoms in total. The summed E-state index contributed by atoms with van der Waals surface area (Å²) in [5.41, 5.74) is 3.27. The Labute approximate surface area is 109 Å². The van der Waals surface area contributed by atoms with Gasteiger partial charge < -0.3 is 0 Å². The van der Waals surface area contributed by atoms with Crippen molar-refractivity contribution in [2.75, 3.05) is 0 Å². The van der Waals surface area contributed by atoms with Crippen molar-refractivity contribution in [1.29, 1.82) is 0 Å². The lowest BCUT2D eigenvalue weighted by Crippen LogP contribution is -2.01. The Morgan fingerprint density at radius 3 is 2.06 bits per heavy atom. The molecule has 0 saturated carbocycles. The Bertz CT molecular complexity index is 579. The van der Waals surface area contributed by atoms with E-state index in [1.165, 1.54) is 21.9 Å². The highest BCUT2D eigenvalue weighted by Crippen LogP contribution is 2.33. The van der Waals surface area contributed by atoms with Crippen LogP contribution in [0.15, 0.2) is 30.3 Å². The van der Waals surface area contributed by atoms with Crippen molar-refractivity contribution in [2.45, 2.75) is 39.5 Å². The van der Waals surface area contributed by atoms with Gasteiger partial charge in [0.05, 0.1) is 0 Å².